The van der Waals surface area contributed by atoms with Gasteiger partial charge in [0, 0.05) is 11.3 Å². The smallest absolute Gasteiger partial charge is 0.123 e. The van der Waals surface area contributed by atoms with Gasteiger partial charge in [0.05, 0.1) is 5.38 Å². The molecule has 0 aromatic heterocycles. The van der Waals surface area contributed by atoms with Gasteiger partial charge < -0.3 is 4.74 Å². The minimum Gasteiger partial charge on any atom is -0.490 e. The molecule has 0 amide bonds. The number of fused-ring (bicyclic) bond motifs is 1. The molecule has 0 aliphatic carbocycles. The Labute approximate surface area is 129 Å². The van der Waals surface area contributed by atoms with Crippen molar-refractivity contribution >= 4 is 23.4 Å². The Morgan fingerprint density at radius 1 is 1.15 bits per heavy atom. The van der Waals surface area contributed by atoms with Crippen molar-refractivity contribution in [2.75, 3.05) is 6.26 Å². The molecule has 104 valence electrons. The Morgan fingerprint density at radius 2 is 1.85 bits per heavy atom. The van der Waals surface area contributed by atoms with Gasteiger partial charge in [-0.25, -0.2) is 0 Å². The highest BCUT2D eigenvalue weighted by atomic mass is 35.5. The van der Waals surface area contributed by atoms with Crippen molar-refractivity contribution in [3.8, 4) is 5.75 Å². The van der Waals surface area contributed by atoms with Gasteiger partial charge in [-0.2, -0.15) is 0 Å². The molecular weight excluding hydrogens is 288 g/mol. The molecule has 1 aliphatic heterocycles. The zero-order chi connectivity index (χ0) is 14.1. The number of rotatable bonds is 3. The minimum absolute atomic E-state index is 0.105. The highest BCUT2D eigenvalue weighted by molar-refractivity contribution is 7.98. The second-order valence-corrected chi connectivity index (χ2v) is 6.45. The first-order valence-corrected chi connectivity index (χ1v) is 8.41. The van der Waals surface area contributed by atoms with Gasteiger partial charge in [-0.1, -0.05) is 24.3 Å². The fourth-order valence-corrected chi connectivity index (χ4v) is 3.25. The summed E-state index contributed by atoms with van der Waals surface area (Å²) in [4.78, 5) is 1.26. The van der Waals surface area contributed by atoms with E-state index in [4.69, 9.17) is 16.3 Å². The van der Waals surface area contributed by atoms with E-state index in [2.05, 4.69) is 49.6 Å². The standard InChI is InChI=1S/C17H17ClOS/c1-11-9-14-10-13(5-8-16(14)19-11)17(18)12-3-6-15(20-2)7-4-12/h3-8,10-11,17H,9H2,1-2H3. The van der Waals surface area contributed by atoms with Crippen LogP contribution < -0.4 is 4.74 Å². The quantitative estimate of drug-likeness (QED) is 0.579. The fourth-order valence-electron chi connectivity index (χ4n) is 2.56. The van der Waals surface area contributed by atoms with E-state index < -0.39 is 0 Å². The third kappa shape index (κ3) is 2.68. The maximum Gasteiger partial charge on any atom is 0.123 e. The Morgan fingerprint density at radius 3 is 2.55 bits per heavy atom. The molecule has 1 aliphatic rings. The zero-order valence-electron chi connectivity index (χ0n) is 11.6. The molecule has 1 nitrogen and oxygen atoms in total. The van der Waals surface area contributed by atoms with Crippen molar-refractivity contribution in [2.24, 2.45) is 0 Å². The number of thioether (sulfide) groups is 1. The molecule has 2 aromatic carbocycles. The molecule has 0 saturated heterocycles. The topological polar surface area (TPSA) is 9.23 Å². The lowest BCUT2D eigenvalue weighted by Crippen LogP contribution is -2.05. The molecular formula is C17H17ClOS. The van der Waals surface area contributed by atoms with Crippen LogP contribution in [-0.4, -0.2) is 12.4 Å². The first-order chi connectivity index (χ1) is 9.67. The summed E-state index contributed by atoms with van der Waals surface area (Å²) in [7, 11) is 0. The van der Waals surface area contributed by atoms with E-state index in [1.807, 2.05) is 6.07 Å². The average molecular weight is 305 g/mol. The van der Waals surface area contributed by atoms with E-state index in [0.29, 0.717) is 0 Å². The summed E-state index contributed by atoms with van der Waals surface area (Å²) < 4.78 is 5.73. The summed E-state index contributed by atoms with van der Waals surface area (Å²) in [5.74, 6) is 1.00. The summed E-state index contributed by atoms with van der Waals surface area (Å²) >= 11 is 8.36. The lowest BCUT2D eigenvalue weighted by Gasteiger charge is -2.12. The van der Waals surface area contributed by atoms with Gasteiger partial charge in [-0.15, -0.1) is 23.4 Å². The average Bonchev–Trinajstić information content (AvgIpc) is 2.85. The molecule has 2 atom stereocenters. The van der Waals surface area contributed by atoms with Gasteiger partial charge in [-0.05, 0) is 48.1 Å². The van der Waals surface area contributed by atoms with Gasteiger partial charge in [0.2, 0.25) is 0 Å². The van der Waals surface area contributed by atoms with Gasteiger partial charge in [0.1, 0.15) is 11.9 Å². The fraction of sp³-hybridized carbons (Fsp3) is 0.294. The molecule has 0 spiro atoms. The summed E-state index contributed by atoms with van der Waals surface area (Å²) in [6.45, 7) is 2.10. The van der Waals surface area contributed by atoms with Gasteiger partial charge in [0.25, 0.3) is 0 Å². The summed E-state index contributed by atoms with van der Waals surface area (Å²) in [6, 6.07) is 14.7. The molecule has 0 radical (unpaired) electrons. The van der Waals surface area contributed by atoms with Crippen LogP contribution in [0.3, 0.4) is 0 Å². The molecule has 2 unspecified atom stereocenters. The normalized spacial score (nSPS) is 18.4. The van der Waals surface area contributed by atoms with Crippen LogP contribution in [0, 0.1) is 0 Å². The van der Waals surface area contributed by atoms with Crippen LogP contribution in [0.5, 0.6) is 5.75 Å². The molecule has 2 aromatic rings. The summed E-state index contributed by atoms with van der Waals surface area (Å²) in [5.41, 5.74) is 3.54. The van der Waals surface area contributed by atoms with E-state index in [9.17, 15) is 0 Å². The maximum atomic E-state index is 6.62. The maximum absolute atomic E-state index is 6.62. The van der Waals surface area contributed by atoms with E-state index in [1.54, 1.807) is 11.8 Å². The molecule has 0 bridgehead atoms. The van der Waals surface area contributed by atoms with Crippen LogP contribution in [0.15, 0.2) is 47.4 Å². The van der Waals surface area contributed by atoms with E-state index in [0.717, 1.165) is 23.3 Å². The monoisotopic (exact) mass is 304 g/mol. The minimum atomic E-state index is -0.105. The van der Waals surface area contributed by atoms with Crippen LogP contribution in [0.1, 0.15) is 29.0 Å². The highest BCUT2D eigenvalue weighted by Crippen LogP contribution is 2.35. The van der Waals surface area contributed by atoms with E-state index >= 15 is 0 Å². The first kappa shape index (κ1) is 13.8. The molecule has 0 fully saturated rings. The van der Waals surface area contributed by atoms with Crippen LogP contribution >= 0.6 is 23.4 Å². The zero-order valence-corrected chi connectivity index (χ0v) is 13.2. The number of hydrogen-bond donors (Lipinski definition) is 0. The molecule has 3 heteroatoms. The lowest BCUT2D eigenvalue weighted by atomic mass is 10.0. The molecule has 0 N–H and O–H groups in total. The first-order valence-electron chi connectivity index (χ1n) is 6.75. The SMILES string of the molecule is CSc1ccc(C(Cl)c2ccc3c(c2)CC(C)O3)cc1. The Balaban J connectivity index is 1.86. The van der Waals surface area contributed by atoms with Crippen molar-refractivity contribution < 1.29 is 4.74 Å². The second kappa shape index (κ2) is 5.71. The second-order valence-electron chi connectivity index (χ2n) is 5.14. The summed E-state index contributed by atoms with van der Waals surface area (Å²) in [5, 5.41) is -0.105. The number of benzene rings is 2. The Bertz CT molecular complexity index is 609. The van der Waals surface area contributed by atoms with Gasteiger partial charge in [-0.3, -0.25) is 0 Å². The number of alkyl halides is 1. The third-order valence-electron chi connectivity index (χ3n) is 3.62. The predicted molar refractivity (Wildman–Crippen MR) is 86.2 cm³/mol. The lowest BCUT2D eigenvalue weighted by molar-refractivity contribution is 0.254. The highest BCUT2D eigenvalue weighted by Gasteiger charge is 2.21. The van der Waals surface area contributed by atoms with Crippen molar-refractivity contribution in [3.05, 3.63) is 59.2 Å². The third-order valence-corrected chi connectivity index (χ3v) is 4.87. The van der Waals surface area contributed by atoms with Gasteiger partial charge in [0.15, 0.2) is 0 Å². The molecule has 0 saturated carbocycles. The van der Waals surface area contributed by atoms with Crippen LogP contribution in [0.4, 0.5) is 0 Å². The van der Waals surface area contributed by atoms with E-state index in [1.165, 1.54) is 10.5 Å². The van der Waals surface area contributed by atoms with E-state index in [-0.39, 0.29) is 11.5 Å². The number of hydrogen-bond acceptors (Lipinski definition) is 2. The van der Waals surface area contributed by atoms with Gasteiger partial charge >= 0.3 is 0 Å². The molecule has 20 heavy (non-hydrogen) atoms. The van der Waals surface area contributed by atoms with Crippen LogP contribution in [0.25, 0.3) is 0 Å². The Hall–Kier alpha value is -1.12. The molecule has 3 rings (SSSR count). The summed E-state index contributed by atoms with van der Waals surface area (Å²) in [6.07, 6.45) is 3.32. The van der Waals surface area contributed by atoms with Crippen LogP contribution in [-0.2, 0) is 6.42 Å². The number of halogens is 1. The van der Waals surface area contributed by atoms with Crippen molar-refractivity contribution in [2.45, 2.75) is 29.7 Å². The van der Waals surface area contributed by atoms with Crippen LogP contribution in [0.2, 0.25) is 0 Å². The van der Waals surface area contributed by atoms with Crippen molar-refractivity contribution in [1.82, 2.24) is 0 Å². The van der Waals surface area contributed by atoms with Crippen molar-refractivity contribution in [3.63, 3.8) is 0 Å². The predicted octanol–water partition coefficient (Wildman–Crippen LogP) is 5.06. The Kier molecular flexibility index (Phi) is 3.95. The molecule has 1 heterocycles. The van der Waals surface area contributed by atoms with Crippen molar-refractivity contribution in [1.29, 1.82) is 0 Å². The number of ether oxygens (including phenoxy) is 1. The largest absolute Gasteiger partial charge is 0.490 e.